The Bertz CT molecular complexity index is 352. The minimum atomic E-state index is -0.527. The van der Waals surface area contributed by atoms with Crippen molar-refractivity contribution in [1.29, 1.82) is 0 Å². The van der Waals surface area contributed by atoms with Crippen LogP contribution in [0.25, 0.3) is 0 Å². The molecule has 1 aromatic rings. The van der Waals surface area contributed by atoms with Crippen LogP contribution in [0.4, 0.5) is 15.8 Å². The van der Waals surface area contributed by atoms with Crippen molar-refractivity contribution in [2.24, 2.45) is 0 Å². The fourth-order valence-corrected chi connectivity index (χ4v) is 1.17. The fraction of sp³-hybridized carbons (Fsp3) is 0.250. The number of nitro groups is 1. The normalized spacial score (nSPS) is 9.77. The Kier molecular flexibility index (Phi) is 2.46. The molecule has 0 atom stereocenters. The number of anilines is 1. The van der Waals surface area contributed by atoms with E-state index < -0.39 is 10.7 Å². The second-order valence-corrected chi connectivity index (χ2v) is 2.63. The topological polar surface area (TPSA) is 55.2 Å². The van der Waals surface area contributed by atoms with Crippen LogP contribution in [0.2, 0.25) is 0 Å². The van der Waals surface area contributed by atoms with Gasteiger partial charge in [-0.3, -0.25) is 10.1 Å². The van der Waals surface area contributed by atoms with Crippen molar-refractivity contribution in [2.75, 3.05) is 12.4 Å². The molecule has 0 aliphatic heterocycles. The van der Waals surface area contributed by atoms with Crippen LogP contribution in [-0.2, 0) is 0 Å². The van der Waals surface area contributed by atoms with Crippen LogP contribution in [-0.4, -0.2) is 12.0 Å². The lowest BCUT2D eigenvalue weighted by Gasteiger charge is -2.04. The highest BCUT2D eigenvalue weighted by Gasteiger charge is 2.17. The molecule has 13 heavy (non-hydrogen) atoms. The summed E-state index contributed by atoms with van der Waals surface area (Å²) < 4.78 is 12.8. The molecule has 0 spiro atoms. The van der Waals surface area contributed by atoms with E-state index in [0.29, 0.717) is 5.56 Å². The molecule has 0 aliphatic carbocycles. The number of halogens is 1. The molecule has 0 aromatic heterocycles. The van der Waals surface area contributed by atoms with E-state index in [1.165, 1.54) is 14.0 Å². The average Bonchev–Trinajstić information content (AvgIpc) is 2.01. The molecule has 1 N–H and O–H groups in total. The van der Waals surface area contributed by atoms with Gasteiger partial charge in [-0.1, -0.05) is 0 Å². The first-order chi connectivity index (χ1) is 6.06. The van der Waals surface area contributed by atoms with E-state index in [1.54, 1.807) is 0 Å². The zero-order valence-corrected chi connectivity index (χ0v) is 7.30. The monoisotopic (exact) mass is 184 g/mol. The summed E-state index contributed by atoms with van der Waals surface area (Å²) >= 11 is 0. The molecule has 1 rings (SSSR count). The first-order valence-corrected chi connectivity index (χ1v) is 3.68. The molecular weight excluding hydrogens is 175 g/mol. The summed E-state index contributed by atoms with van der Waals surface area (Å²) in [7, 11) is 1.52. The number of hydrogen-bond acceptors (Lipinski definition) is 3. The number of aryl methyl sites for hydroxylation is 1. The Labute approximate surface area is 74.5 Å². The zero-order chi connectivity index (χ0) is 10.0. The smallest absolute Gasteiger partial charge is 0.295 e. The second-order valence-electron chi connectivity index (χ2n) is 2.63. The van der Waals surface area contributed by atoms with Gasteiger partial charge >= 0.3 is 0 Å². The Morgan fingerprint density at radius 3 is 2.62 bits per heavy atom. The predicted molar refractivity (Wildman–Crippen MR) is 47.3 cm³/mol. The van der Waals surface area contributed by atoms with Gasteiger partial charge in [0, 0.05) is 18.7 Å². The molecule has 0 saturated heterocycles. The lowest BCUT2D eigenvalue weighted by molar-refractivity contribution is -0.384. The van der Waals surface area contributed by atoms with Crippen molar-refractivity contribution in [1.82, 2.24) is 0 Å². The van der Waals surface area contributed by atoms with E-state index in [0.717, 1.165) is 12.1 Å². The van der Waals surface area contributed by atoms with E-state index in [2.05, 4.69) is 5.32 Å². The Morgan fingerprint density at radius 2 is 2.15 bits per heavy atom. The van der Waals surface area contributed by atoms with Gasteiger partial charge in [-0.15, -0.1) is 0 Å². The molecule has 0 saturated carbocycles. The molecule has 70 valence electrons. The van der Waals surface area contributed by atoms with E-state index in [4.69, 9.17) is 0 Å². The molecule has 4 nitrogen and oxygen atoms in total. The third-order valence-corrected chi connectivity index (χ3v) is 1.72. The Hall–Kier alpha value is -1.65. The second kappa shape index (κ2) is 3.38. The van der Waals surface area contributed by atoms with Crippen LogP contribution >= 0.6 is 0 Å². The first-order valence-electron chi connectivity index (χ1n) is 3.68. The van der Waals surface area contributed by atoms with Crippen molar-refractivity contribution >= 4 is 11.4 Å². The van der Waals surface area contributed by atoms with Crippen molar-refractivity contribution in [3.8, 4) is 0 Å². The lowest BCUT2D eigenvalue weighted by atomic mass is 10.1. The number of nitro benzene ring substituents is 1. The maximum atomic E-state index is 12.8. The van der Waals surface area contributed by atoms with E-state index >= 15 is 0 Å². The molecule has 0 aliphatic rings. The van der Waals surface area contributed by atoms with Crippen molar-refractivity contribution in [3.05, 3.63) is 33.6 Å². The predicted octanol–water partition coefficient (Wildman–Crippen LogP) is 2.08. The minimum absolute atomic E-state index is 0.0797. The third kappa shape index (κ3) is 1.74. The van der Waals surface area contributed by atoms with Gasteiger partial charge in [0.1, 0.15) is 11.5 Å². The Morgan fingerprint density at radius 1 is 1.54 bits per heavy atom. The van der Waals surface area contributed by atoms with Crippen molar-refractivity contribution in [3.63, 3.8) is 0 Å². The van der Waals surface area contributed by atoms with Gasteiger partial charge < -0.3 is 5.32 Å². The summed E-state index contributed by atoms with van der Waals surface area (Å²) in [4.78, 5) is 10.0. The van der Waals surface area contributed by atoms with Crippen LogP contribution in [0.1, 0.15) is 5.56 Å². The van der Waals surface area contributed by atoms with Crippen LogP contribution < -0.4 is 5.32 Å². The van der Waals surface area contributed by atoms with Gasteiger partial charge in [0.05, 0.1) is 4.92 Å². The van der Waals surface area contributed by atoms with E-state index in [9.17, 15) is 14.5 Å². The minimum Gasteiger partial charge on any atom is -0.382 e. The molecule has 0 fully saturated rings. The highest BCUT2D eigenvalue weighted by atomic mass is 19.1. The lowest BCUT2D eigenvalue weighted by Crippen LogP contribution is -1.99. The molecule has 5 heteroatoms. The van der Waals surface area contributed by atoms with Gasteiger partial charge in [0.15, 0.2) is 0 Å². The van der Waals surface area contributed by atoms with Gasteiger partial charge in [-0.25, -0.2) is 4.39 Å². The highest BCUT2D eigenvalue weighted by molar-refractivity contribution is 5.64. The van der Waals surface area contributed by atoms with Crippen LogP contribution in [0.5, 0.6) is 0 Å². The summed E-state index contributed by atoms with van der Waals surface area (Å²) in [6.07, 6.45) is 0. The summed E-state index contributed by atoms with van der Waals surface area (Å²) in [6, 6.07) is 2.24. The SMILES string of the molecule is CNc1cc(F)cc(C)c1[N+](=O)[O-]. The fourth-order valence-electron chi connectivity index (χ4n) is 1.17. The largest absolute Gasteiger partial charge is 0.382 e. The van der Waals surface area contributed by atoms with Crippen molar-refractivity contribution in [2.45, 2.75) is 6.92 Å². The number of benzene rings is 1. The van der Waals surface area contributed by atoms with Crippen LogP contribution in [0.3, 0.4) is 0 Å². The maximum absolute atomic E-state index is 12.8. The van der Waals surface area contributed by atoms with Crippen LogP contribution in [0, 0.1) is 22.9 Å². The van der Waals surface area contributed by atoms with Crippen LogP contribution in [0.15, 0.2) is 12.1 Å². The molecule has 0 bridgehead atoms. The quantitative estimate of drug-likeness (QED) is 0.565. The molecule has 0 radical (unpaired) electrons. The number of rotatable bonds is 2. The first kappa shape index (κ1) is 9.44. The molecule has 0 heterocycles. The van der Waals surface area contributed by atoms with E-state index in [1.807, 2.05) is 0 Å². The number of hydrogen-bond donors (Lipinski definition) is 1. The van der Waals surface area contributed by atoms with Gasteiger partial charge in [0.2, 0.25) is 0 Å². The molecule has 0 amide bonds. The summed E-state index contributed by atoms with van der Waals surface area (Å²) in [5, 5.41) is 13.1. The summed E-state index contributed by atoms with van der Waals surface area (Å²) in [6.45, 7) is 1.50. The van der Waals surface area contributed by atoms with Gasteiger partial charge in [-0.05, 0) is 13.0 Å². The zero-order valence-electron chi connectivity index (χ0n) is 7.30. The van der Waals surface area contributed by atoms with Gasteiger partial charge in [0.25, 0.3) is 5.69 Å². The Balaban J connectivity index is 3.38. The summed E-state index contributed by atoms with van der Waals surface area (Å²) in [5.74, 6) is -0.479. The summed E-state index contributed by atoms with van der Waals surface area (Å²) in [5.41, 5.74) is 0.431. The molecule has 0 unspecified atom stereocenters. The highest BCUT2D eigenvalue weighted by Crippen LogP contribution is 2.28. The average molecular weight is 184 g/mol. The van der Waals surface area contributed by atoms with E-state index in [-0.39, 0.29) is 11.4 Å². The number of nitrogens with zero attached hydrogens (tertiary/aromatic N) is 1. The molecular formula is C8H9FN2O2. The van der Waals surface area contributed by atoms with Crippen molar-refractivity contribution < 1.29 is 9.31 Å². The maximum Gasteiger partial charge on any atom is 0.295 e. The van der Waals surface area contributed by atoms with Gasteiger partial charge in [-0.2, -0.15) is 0 Å². The number of nitrogens with one attached hydrogen (secondary N) is 1. The standard InChI is InChI=1S/C8H9FN2O2/c1-5-3-6(9)4-7(10-2)8(5)11(12)13/h3-4,10H,1-2H3. The molecule has 1 aromatic carbocycles. The third-order valence-electron chi connectivity index (χ3n) is 1.72.